The first-order valence-electron chi connectivity index (χ1n) is 8.54. The van der Waals surface area contributed by atoms with E-state index in [4.69, 9.17) is 5.10 Å². The van der Waals surface area contributed by atoms with Crippen LogP contribution in [0.3, 0.4) is 0 Å². The SMILES string of the molecule is CNc1ccc(-c2nn(C)c3c2CCCc2nc(NC(C)=O)sc2-3)cn1. The number of fused-ring (bicyclic) bond motifs is 3. The second kappa shape index (κ2) is 6.53. The van der Waals surface area contributed by atoms with Crippen LogP contribution in [0.4, 0.5) is 10.9 Å². The van der Waals surface area contributed by atoms with Gasteiger partial charge in [0.1, 0.15) is 5.82 Å². The van der Waals surface area contributed by atoms with Gasteiger partial charge in [0.15, 0.2) is 5.13 Å². The molecule has 26 heavy (non-hydrogen) atoms. The van der Waals surface area contributed by atoms with Crippen LogP contribution in [0.5, 0.6) is 0 Å². The van der Waals surface area contributed by atoms with Gasteiger partial charge in [-0.2, -0.15) is 5.10 Å². The molecule has 0 fully saturated rings. The fraction of sp³-hybridized carbons (Fsp3) is 0.333. The van der Waals surface area contributed by atoms with Crippen LogP contribution in [-0.2, 0) is 24.7 Å². The van der Waals surface area contributed by atoms with E-state index >= 15 is 0 Å². The van der Waals surface area contributed by atoms with Crippen molar-refractivity contribution in [1.29, 1.82) is 0 Å². The molecule has 134 valence electrons. The number of hydrogen-bond donors (Lipinski definition) is 2. The molecule has 1 aliphatic rings. The highest BCUT2D eigenvalue weighted by Crippen LogP contribution is 2.41. The van der Waals surface area contributed by atoms with Gasteiger partial charge < -0.3 is 10.6 Å². The Morgan fingerprint density at radius 3 is 2.85 bits per heavy atom. The van der Waals surface area contributed by atoms with Crippen LogP contribution in [0.2, 0.25) is 0 Å². The zero-order chi connectivity index (χ0) is 18.3. The zero-order valence-electron chi connectivity index (χ0n) is 15.0. The van der Waals surface area contributed by atoms with Gasteiger partial charge in [0, 0.05) is 38.3 Å². The summed E-state index contributed by atoms with van der Waals surface area (Å²) in [6.45, 7) is 1.50. The van der Waals surface area contributed by atoms with Gasteiger partial charge >= 0.3 is 0 Å². The van der Waals surface area contributed by atoms with Crippen molar-refractivity contribution in [2.75, 3.05) is 17.7 Å². The maximum absolute atomic E-state index is 11.4. The summed E-state index contributed by atoms with van der Waals surface area (Å²) in [5.74, 6) is 0.732. The first kappa shape index (κ1) is 16.7. The normalized spacial score (nSPS) is 12.9. The minimum Gasteiger partial charge on any atom is -0.373 e. The Balaban J connectivity index is 1.82. The lowest BCUT2D eigenvalue weighted by Gasteiger charge is -2.04. The maximum Gasteiger partial charge on any atom is 0.223 e. The molecule has 7 nitrogen and oxygen atoms in total. The van der Waals surface area contributed by atoms with Crippen molar-refractivity contribution in [3.63, 3.8) is 0 Å². The summed E-state index contributed by atoms with van der Waals surface area (Å²) in [6, 6.07) is 4.00. The van der Waals surface area contributed by atoms with Crippen LogP contribution in [0, 0.1) is 0 Å². The number of nitrogens with zero attached hydrogens (tertiary/aromatic N) is 4. The summed E-state index contributed by atoms with van der Waals surface area (Å²) in [5, 5.41) is 11.3. The second-order valence-corrected chi connectivity index (χ2v) is 7.31. The molecule has 0 radical (unpaired) electrons. The van der Waals surface area contributed by atoms with E-state index in [1.54, 1.807) is 0 Å². The number of nitrogens with one attached hydrogen (secondary N) is 2. The van der Waals surface area contributed by atoms with Gasteiger partial charge in [-0.1, -0.05) is 11.3 Å². The van der Waals surface area contributed by atoms with Gasteiger partial charge in [0.05, 0.1) is 22.0 Å². The van der Waals surface area contributed by atoms with Crippen LogP contribution < -0.4 is 10.6 Å². The Hall–Kier alpha value is -2.74. The van der Waals surface area contributed by atoms with Crippen LogP contribution in [0.25, 0.3) is 21.8 Å². The molecule has 1 aliphatic carbocycles. The van der Waals surface area contributed by atoms with E-state index in [1.165, 1.54) is 23.8 Å². The highest BCUT2D eigenvalue weighted by Gasteiger charge is 2.26. The summed E-state index contributed by atoms with van der Waals surface area (Å²) in [4.78, 5) is 21.5. The van der Waals surface area contributed by atoms with Crippen molar-refractivity contribution in [3.05, 3.63) is 29.6 Å². The van der Waals surface area contributed by atoms with E-state index in [-0.39, 0.29) is 5.91 Å². The molecule has 0 saturated carbocycles. The van der Waals surface area contributed by atoms with E-state index in [2.05, 4.69) is 20.6 Å². The quantitative estimate of drug-likeness (QED) is 0.742. The van der Waals surface area contributed by atoms with E-state index in [0.29, 0.717) is 5.13 Å². The lowest BCUT2D eigenvalue weighted by atomic mass is 10.0. The monoisotopic (exact) mass is 368 g/mol. The number of aromatic nitrogens is 4. The van der Waals surface area contributed by atoms with Gasteiger partial charge in [0.2, 0.25) is 5.91 Å². The first-order valence-corrected chi connectivity index (χ1v) is 9.36. The molecule has 0 atom stereocenters. The Morgan fingerprint density at radius 2 is 2.15 bits per heavy atom. The average molecular weight is 368 g/mol. The molecule has 0 bridgehead atoms. The Bertz CT molecular complexity index is 972. The van der Waals surface area contributed by atoms with Crippen molar-refractivity contribution >= 4 is 28.2 Å². The van der Waals surface area contributed by atoms with Gasteiger partial charge in [-0.05, 0) is 31.4 Å². The van der Waals surface area contributed by atoms with Crippen molar-refractivity contribution in [2.24, 2.45) is 7.05 Å². The average Bonchev–Trinajstić information content (AvgIpc) is 3.09. The van der Waals surface area contributed by atoms with Crippen LogP contribution >= 0.6 is 11.3 Å². The first-order chi connectivity index (χ1) is 12.6. The number of thiazole rings is 1. The molecule has 3 aromatic heterocycles. The van der Waals surface area contributed by atoms with Crippen LogP contribution in [-0.4, -0.2) is 32.7 Å². The molecule has 0 aromatic carbocycles. The third-order valence-electron chi connectivity index (χ3n) is 4.47. The second-order valence-electron chi connectivity index (χ2n) is 6.31. The third kappa shape index (κ3) is 2.86. The highest BCUT2D eigenvalue weighted by molar-refractivity contribution is 7.19. The number of pyridine rings is 1. The number of carbonyl (C=O) groups excluding carboxylic acids is 1. The predicted molar refractivity (Wildman–Crippen MR) is 103 cm³/mol. The van der Waals surface area contributed by atoms with E-state index in [9.17, 15) is 4.79 Å². The lowest BCUT2D eigenvalue weighted by molar-refractivity contribution is -0.114. The lowest BCUT2D eigenvalue weighted by Crippen LogP contribution is -2.05. The van der Waals surface area contributed by atoms with Crippen molar-refractivity contribution in [3.8, 4) is 21.8 Å². The molecule has 1 amide bonds. The van der Waals surface area contributed by atoms with Gasteiger partial charge in [-0.15, -0.1) is 0 Å². The Morgan fingerprint density at radius 1 is 1.31 bits per heavy atom. The number of aryl methyl sites for hydroxylation is 2. The standard InChI is InChI=1S/C18H20N6OS/c1-10(25)21-18-22-13-6-4-5-12-15(11-7-8-14(19-2)20-9-11)23-24(3)16(12)17(13)26-18/h7-9H,4-6H2,1-3H3,(H,19,20)(H,21,22,25). The molecular weight excluding hydrogens is 348 g/mol. The fourth-order valence-corrected chi connectivity index (χ4v) is 4.51. The van der Waals surface area contributed by atoms with E-state index in [0.717, 1.165) is 52.6 Å². The Labute approximate surface area is 155 Å². The summed E-state index contributed by atoms with van der Waals surface area (Å²) in [6.07, 6.45) is 4.71. The molecule has 0 aliphatic heterocycles. The van der Waals surface area contributed by atoms with Gasteiger partial charge in [0.25, 0.3) is 0 Å². The highest BCUT2D eigenvalue weighted by atomic mass is 32.1. The number of rotatable bonds is 3. The molecule has 3 aromatic rings. The third-order valence-corrected chi connectivity index (χ3v) is 5.49. The molecule has 0 saturated heterocycles. The van der Waals surface area contributed by atoms with Crippen LogP contribution in [0.15, 0.2) is 18.3 Å². The molecular formula is C18H20N6OS. The molecule has 0 unspecified atom stereocenters. The van der Waals surface area contributed by atoms with E-state index < -0.39 is 0 Å². The predicted octanol–water partition coefficient (Wildman–Crippen LogP) is 3.09. The number of carbonyl (C=O) groups is 1. The van der Waals surface area contributed by atoms with Crippen molar-refractivity contribution in [2.45, 2.75) is 26.2 Å². The summed E-state index contributed by atoms with van der Waals surface area (Å²) < 4.78 is 1.93. The Kier molecular flexibility index (Phi) is 4.20. The smallest absolute Gasteiger partial charge is 0.223 e. The molecule has 3 heterocycles. The number of hydrogen-bond acceptors (Lipinski definition) is 6. The minimum absolute atomic E-state index is 0.101. The van der Waals surface area contributed by atoms with Crippen LogP contribution in [0.1, 0.15) is 24.6 Å². The largest absolute Gasteiger partial charge is 0.373 e. The van der Waals surface area contributed by atoms with E-state index in [1.807, 2.05) is 37.1 Å². The summed E-state index contributed by atoms with van der Waals surface area (Å²) in [5.41, 5.74) is 5.34. The fourth-order valence-electron chi connectivity index (χ4n) is 3.35. The van der Waals surface area contributed by atoms with Crippen molar-refractivity contribution < 1.29 is 4.79 Å². The number of anilines is 2. The summed E-state index contributed by atoms with van der Waals surface area (Å²) >= 11 is 1.52. The number of amides is 1. The maximum atomic E-state index is 11.4. The minimum atomic E-state index is -0.101. The summed E-state index contributed by atoms with van der Waals surface area (Å²) in [7, 11) is 3.82. The van der Waals surface area contributed by atoms with Crippen molar-refractivity contribution in [1.82, 2.24) is 19.7 Å². The topological polar surface area (TPSA) is 84.7 Å². The molecule has 8 heteroatoms. The van der Waals surface area contributed by atoms with Gasteiger partial charge in [-0.25, -0.2) is 9.97 Å². The van der Waals surface area contributed by atoms with Gasteiger partial charge in [-0.3, -0.25) is 9.48 Å². The zero-order valence-corrected chi connectivity index (χ0v) is 15.8. The molecule has 2 N–H and O–H groups in total. The molecule has 4 rings (SSSR count). The molecule has 0 spiro atoms.